The molecule has 0 atom stereocenters. The molecule has 4 rings (SSSR count). The second-order valence-electron chi connectivity index (χ2n) is 9.95. The quantitative estimate of drug-likeness (QED) is 0.276. The van der Waals surface area contributed by atoms with Gasteiger partial charge in [-0.25, -0.2) is 9.37 Å². The normalized spacial score (nSPS) is 18.5. The number of allylic oxidation sites excluding steroid dienone is 7. The van der Waals surface area contributed by atoms with E-state index in [2.05, 4.69) is 57.4 Å². The smallest absolute Gasteiger partial charge is 0.150 e. The molecule has 1 fully saturated rings. The van der Waals surface area contributed by atoms with Gasteiger partial charge in [0.15, 0.2) is 6.29 Å². The molecule has 7 nitrogen and oxygen atoms in total. The number of likely N-dealkylation sites (N-methyl/N-ethyl adjacent to an activating group) is 1. The summed E-state index contributed by atoms with van der Waals surface area (Å²) in [6.07, 6.45) is 7.04. The molecule has 1 saturated heterocycles. The van der Waals surface area contributed by atoms with Gasteiger partial charge in [-0.3, -0.25) is 4.79 Å². The molecule has 2 aromatic rings. The second-order valence-corrected chi connectivity index (χ2v) is 9.95. The van der Waals surface area contributed by atoms with Crippen molar-refractivity contribution in [2.45, 2.75) is 33.6 Å². The molecular weight excluding hydrogens is 455 g/mol. The Morgan fingerprint density at radius 2 is 1.97 bits per heavy atom. The number of halogens is 1. The van der Waals surface area contributed by atoms with E-state index >= 15 is 0 Å². The maximum Gasteiger partial charge on any atom is 0.150 e. The topological polar surface area (TPSA) is 76.3 Å². The van der Waals surface area contributed by atoms with Crippen LogP contribution in [0.2, 0.25) is 0 Å². The van der Waals surface area contributed by atoms with Gasteiger partial charge in [-0.2, -0.15) is 0 Å². The summed E-state index contributed by atoms with van der Waals surface area (Å²) in [7, 11) is 4.00. The molecule has 8 heteroatoms. The number of carbonyl (C=O) groups excluding carboxylic acids is 1. The number of fused-ring (bicyclic) bond motifs is 1. The predicted molar refractivity (Wildman–Crippen MR) is 146 cm³/mol. The minimum atomic E-state index is -0.248. The predicted octanol–water partition coefficient (Wildman–Crippen LogP) is 4.90. The molecule has 2 aromatic heterocycles. The lowest BCUT2D eigenvalue weighted by molar-refractivity contribution is -0.104. The zero-order valence-corrected chi connectivity index (χ0v) is 21.9. The third-order valence-corrected chi connectivity index (χ3v) is 6.93. The van der Waals surface area contributed by atoms with Gasteiger partial charge in [-0.05, 0) is 44.5 Å². The third kappa shape index (κ3) is 5.54. The van der Waals surface area contributed by atoms with E-state index in [0.717, 1.165) is 72.0 Å². The van der Waals surface area contributed by atoms with Crippen LogP contribution in [-0.4, -0.2) is 61.4 Å². The fraction of sp³-hybridized carbons (Fsp3) is 0.429. The maximum atomic E-state index is 14.8. The van der Waals surface area contributed by atoms with Gasteiger partial charge in [0.1, 0.15) is 17.3 Å². The molecule has 2 aliphatic rings. The van der Waals surface area contributed by atoms with E-state index in [1.165, 1.54) is 0 Å². The van der Waals surface area contributed by atoms with Crippen LogP contribution in [0.15, 0.2) is 64.4 Å². The molecule has 1 aliphatic carbocycles. The van der Waals surface area contributed by atoms with Gasteiger partial charge in [0.25, 0.3) is 0 Å². The zero-order chi connectivity index (χ0) is 25.8. The molecule has 0 aromatic carbocycles. The average molecular weight is 493 g/mol. The van der Waals surface area contributed by atoms with Gasteiger partial charge in [0.2, 0.25) is 0 Å². The van der Waals surface area contributed by atoms with Gasteiger partial charge >= 0.3 is 0 Å². The number of aromatic amines is 1. The first kappa shape index (κ1) is 25.7. The number of nitrogens with zero attached hydrogens (tertiary/aromatic N) is 3. The van der Waals surface area contributed by atoms with Gasteiger partial charge in [0, 0.05) is 68.1 Å². The number of aldehydes is 1. The van der Waals surface area contributed by atoms with Crippen LogP contribution in [0.3, 0.4) is 0 Å². The molecule has 0 amide bonds. The largest absolute Gasteiger partial charge is 0.390 e. The fourth-order valence-electron chi connectivity index (χ4n) is 4.81. The molecule has 0 bridgehead atoms. The Kier molecular flexibility index (Phi) is 7.94. The highest BCUT2D eigenvalue weighted by Crippen LogP contribution is 2.32. The van der Waals surface area contributed by atoms with Crippen LogP contribution in [0.5, 0.6) is 0 Å². The monoisotopic (exact) mass is 492 g/mol. The number of hydrogen-bond acceptors (Lipinski definition) is 6. The van der Waals surface area contributed by atoms with Gasteiger partial charge < -0.3 is 25.4 Å². The first-order chi connectivity index (χ1) is 17.3. The molecule has 0 spiro atoms. The van der Waals surface area contributed by atoms with E-state index < -0.39 is 0 Å². The summed E-state index contributed by atoms with van der Waals surface area (Å²) >= 11 is 0. The number of carbonyl (C=O) groups is 1. The molecule has 0 unspecified atom stereocenters. The van der Waals surface area contributed by atoms with Gasteiger partial charge in [-0.1, -0.05) is 25.5 Å². The van der Waals surface area contributed by atoms with E-state index in [1.54, 1.807) is 18.3 Å². The molecule has 36 heavy (non-hydrogen) atoms. The van der Waals surface area contributed by atoms with E-state index in [9.17, 15) is 9.18 Å². The number of anilines is 2. The summed E-state index contributed by atoms with van der Waals surface area (Å²) in [4.78, 5) is 24.8. The summed E-state index contributed by atoms with van der Waals surface area (Å²) in [6, 6.07) is 4.05. The highest BCUT2D eigenvalue weighted by atomic mass is 19.1. The Bertz CT molecular complexity index is 1240. The Morgan fingerprint density at radius 3 is 2.64 bits per heavy atom. The summed E-state index contributed by atoms with van der Waals surface area (Å²) in [5.74, 6) is 0.943. The average Bonchev–Trinajstić information content (AvgIpc) is 3.30. The summed E-state index contributed by atoms with van der Waals surface area (Å²) in [5.41, 5.74) is 5.06. The number of aromatic nitrogens is 2. The molecule has 3 heterocycles. The Labute approximate surface area is 212 Å². The number of nitrogens with one attached hydrogen (secondary N) is 3. The van der Waals surface area contributed by atoms with Gasteiger partial charge in [0.05, 0.1) is 11.4 Å². The first-order valence-electron chi connectivity index (χ1n) is 12.6. The number of rotatable bonds is 8. The standard InChI is InChI=1S/C28H37FN6O/c1-18(2)27(30-4)25(15-20(17-36)21-14-19(3)6-7-23(21)29)32-24-8-9-31-28-22(24)16-26(33-28)35-12-10-34(5)11-13-35/h8-9,14-18,30H,6-7,10-13H2,1-5H3,(H2,31,32,33)/b20-15+,27-25+. The van der Waals surface area contributed by atoms with Crippen LogP contribution >= 0.6 is 0 Å². The van der Waals surface area contributed by atoms with Crippen LogP contribution in [0.25, 0.3) is 11.0 Å². The first-order valence-corrected chi connectivity index (χ1v) is 12.6. The van der Waals surface area contributed by atoms with Crippen LogP contribution in [0, 0.1) is 5.92 Å². The van der Waals surface area contributed by atoms with E-state index in [1.807, 2.05) is 20.0 Å². The van der Waals surface area contributed by atoms with Crippen molar-refractivity contribution in [1.82, 2.24) is 20.2 Å². The van der Waals surface area contributed by atoms with Crippen molar-refractivity contribution in [3.05, 3.63) is 64.4 Å². The highest BCUT2D eigenvalue weighted by Gasteiger charge is 2.20. The number of H-pyrrole nitrogens is 1. The van der Waals surface area contributed by atoms with Crippen molar-refractivity contribution in [3.8, 4) is 0 Å². The van der Waals surface area contributed by atoms with Crippen molar-refractivity contribution in [2.24, 2.45) is 5.92 Å². The van der Waals surface area contributed by atoms with Crippen LogP contribution < -0.4 is 15.5 Å². The molecule has 0 saturated carbocycles. The lowest BCUT2D eigenvalue weighted by Crippen LogP contribution is -2.44. The van der Waals surface area contributed by atoms with E-state index in [4.69, 9.17) is 0 Å². The molecule has 0 radical (unpaired) electrons. The third-order valence-electron chi connectivity index (χ3n) is 6.93. The molecule has 192 valence electrons. The number of hydrogen-bond donors (Lipinski definition) is 3. The summed E-state index contributed by atoms with van der Waals surface area (Å²) in [5, 5.41) is 7.78. The maximum absolute atomic E-state index is 14.8. The molecule has 3 N–H and O–H groups in total. The lowest BCUT2D eigenvalue weighted by Gasteiger charge is -2.32. The Morgan fingerprint density at radius 1 is 1.22 bits per heavy atom. The van der Waals surface area contributed by atoms with Crippen molar-refractivity contribution in [2.75, 3.05) is 50.5 Å². The van der Waals surface area contributed by atoms with Crippen LogP contribution in [0.1, 0.15) is 33.6 Å². The van der Waals surface area contributed by atoms with Crippen molar-refractivity contribution in [3.63, 3.8) is 0 Å². The van der Waals surface area contributed by atoms with Crippen LogP contribution in [0.4, 0.5) is 15.9 Å². The Balaban J connectivity index is 1.75. The molecule has 1 aliphatic heterocycles. The van der Waals surface area contributed by atoms with E-state index in [0.29, 0.717) is 24.0 Å². The SMILES string of the molecule is CN/C(=C(\C=C(/C=O)C1=C(F)CCC(C)=C1)Nc1ccnc2[nH]c(N3CCN(C)CC3)cc12)C(C)C. The van der Waals surface area contributed by atoms with Crippen LogP contribution in [-0.2, 0) is 4.79 Å². The van der Waals surface area contributed by atoms with Crippen molar-refractivity contribution in [1.29, 1.82) is 0 Å². The lowest BCUT2D eigenvalue weighted by atomic mass is 9.93. The minimum absolute atomic E-state index is 0.147. The van der Waals surface area contributed by atoms with Crippen molar-refractivity contribution >= 4 is 28.8 Å². The summed E-state index contributed by atoms with van der Waals surface area (Å²) in [6.45, 7) is 10.1. The van der Waals surface area contributed by atoms with Crippen molar-refractivity contribution < 1.29 is 9.18 Å². The molecular formula is C28H37FN6O. The van der Waals surface area contributed by atoms with E-state index in [-0.39, 0.29) is 11.7 Å². The number of pyridine rings is 1. The Hall–Kier alpha value is -3.39. The second kappa shape index (κ2) is 11.1. The summed E-state index contributed by atoms with van der Waals surface area (Å²) < 4.78 is 14.8. The van der Waals surface area contributed by atoms with Gasteiger partial charge in [-0.15, -0.1) is 0 Å². The zero-order valence-electron chi connectivity index (χ0n) is 21.9. The minimum Gasteiger partial charge on any atom is -0.390 e. The fourth-order valence-corrected chi connectivity index (χ4v) is 4.81. The number of piperazine rings is 1. The highest BCUT2D eigenvalue weighted by molar-refractivity contribution is 5.93.